The molecule has 0 saturated heterocycles. The molecule has 0 nitrogen and oxygen atoms in total. The van der Waals surface area contributed by atoms with Crippen molar-refractivity contribution in [2.45, 2.75) is 70.6 Å². The Labute approximate surface area is 126 Å². The predicted octanol–water partition coefficient (Wildman–Crippen LogP) is 6.17. The average molecular weight is 271 g/mol. The van der Waals surface area contributed by atoms with Crippen LogP contribution >= 0.6 is 0 Å². The molecule has 1 atom stereocenters. The summed E-state index contributed by atoms with van der Waals surface area (Å²) < 4.78 is 0. The van der Waals surface area contributed by atoms with Crippen molar-refractivity contribution in [3.63, 3.8) is 0 Å². The molecule has 0 amide bonds. The summed E-state index contributed by atoms with van der Waals surface area (Å²) >= 11 is 0. The van der Waals surface area contributed by atoms with Crippen LogP contribution in [0.3, 0.4) is 0 Å². The van der Waals surface area contributed by atoms with E-state index in [0.717, 1.165) is 18.3 Å². The zero-order valence-corrected chi connectivity index (χ0v) is 13.4. The Morgan fingerprint density at radius 2 is 1.75 bits per heavy atom. The number of hydrogen-bond acceptors (Lipinski definition) is 0. The predicted molar refractivity (Wildman–Crippen MR) is 88.7 cm³/mol. The van der Waals surface area contributed by atoms with Gasteiger partial charge in [0, 0.05) is 0 Å². The Hall–Kier alpha value is -0.780. The normalized spacial score (nSPS) is 20.0. The van der Waals surface area contributed by atoms with E-state index in [4.69, 9.17) is 0 Å². The van der Waals surface area contributed by atoms with Crippen LogP contribution in [0.15, 0.2) is 30.3 Å². The Morgan fingerprint density at radius 1 is 1.10 bits per heavy atom. The maximum absolute atomic E-state index is 4.35. The second kappa shape index (κ2) is 7.29. The SMILES string of the molecule is [CH2]CC(CC(C)C)(CC1CCCCC1)c1ccccc1. The van der Waals surface area contributed by atoms with Gasteiger partial charge in [0.2, 0.25) is 0 Å². The minimum absolute atomic E-state index is 0.303. The smallest absolute Gasteiger partial charge is 0.00419 e. The monoisotopic (exact) mass is 271 g/mol. The van der Waals surface area contributed by atoms with Crippen LogP contribution in [0.4, 0.5) is 0 Å². The lowest BCUT2D eigenvalue weighted by Crippen LogP contribution is -2.31. The first kappa shape index (κ1) is 15.6. The summed E-state index contributed by atoms with van der Waals surface area (Å²) in [5.41, 5.74) is 1.83. The molecule has 111 valence electrons. The zero-order valence-electron chi connectivity index (χ0n) is 13.4. The van der Waals surface area contributed by atoms with Crippen molar-refractivity contribution in [3.05, 3.63) is 42.8 Å². The topological polar surface area (TPSA) is 0 Å². The third kappa shape index (κ3) is 3.87. The zero-order chi connectivity index (χ0) is 14.4. The summed E-state index contributed by atoms with van der Waals surface area (Å²) in [4.78, 5) is 0. The molecule has 0 heterocycles. The molecule has 1 aromatic rings. The molecular formula is C20H31. The summed E-state index contributed by atoms with van der Waals surface area (Å²) in [6, 6.07) is 11.2. The van der Waals surface area contributed by atoms with Crippen molar-refractivity contribution in [1.29, 1.82) is 0 Å². The quantitative estimate of drug-likeness (QED) is 0.581. The molecule has 1 unspecified atom stereocenters. The molecule has 0 spiro atoms. The van der Waals surface area contributed by atoms with E-state index in [9.17, 15) is 0 Å². The highest BCUT2D eigenvalue weighted by molar-refractivity contribution is 5.26. The highest BCUT2D eigenvalue weighted by atomic mass is 14.4. The maximum atomic E-state index is 4.35. The van der Waals surface area contributed by atoms with Crippen LogP contribution in [-0.2, 0) is 5.41 Å². The summed E-state index contributed by atoms with van der Waals surface area (Å²) in [6.45, 7) is 9.06. The van der Waals surface area contributed by atoms with Crippen LogP contribution in [0.25, 0.3) is 0 Å². The Bertz CT molecular complexity index is 372. The van der Waals surface area contributed by atoms with Crippen LogP contribution in [0.5, 0.6) is 0 Å². The van der Waals surface area contributed by atoms with E-state index in [1.807, 2.05) is 0 Å². The molecule has 0 aromatic heterocycles. The van der Waals surface area contributed by atoms with Gasteiger partial charge in [-0.2, -0.15) is 0 Å². The fourth-order valence-corrected chi connectivity index (χ4v) is 4.18. The highest BCUT2D eigenvalue weighted by Gasteiger charge is 2.34. The maximum Gasteiger partial charge on any atom is -0.00419 e. The van der Waals surface area contributed by atoms with Gasteiger partial charge in [0.15, 0.2) is 0 Å². The second-order valence-corrected chi connectivity index (χ2v) is 7.20. The van der Waals surface area contributed by atoms with Crippen molar-refractivity contribution >= 4 is 0 Å². The van der Waals surface area contributed by atoms with Crippen molar-refractivity contribution < 1.29 is 0 Å². The van der Waals surface area contributed by atoms with E-state index in [1.54, 1.807) is 0 Å². The lowest BCUT2D eigenvalue weighted by Gasteiger charge is -2.39. The van der Waals surface area contributed by atoms with Gasteiger partial charge >= 0.3 is 0 Å². The molecule has 0 heteroatoms. The van der Waals surface area contributed by atoms with E-state index in [-0.39, 0.29) is 0 Å². The molecule has 1 saturated carbocycles. The lowest BCUT2D eigenvalue weighted by atomic mass is 9.65. The van der Waals surface area contributed by atoms with Crippen LogP contribution < -0.4 is 0 Å². The van der Waals surface area contributed by atoms with Crippen molar-refractivity contribution in [3.8, 4) is 0 Å². The van der Waals surface area contributed by atoms with Gasteiger partial charge in [-0.3, -0.25) is 0 Å². The molecular weight excluding hydrogens is 240 g/mol. The van der Waals surface area contributed by atoms with Gasteiger partial charge in [0.05, 0.1) is 0 Å². The van der Waals surface area contributed by atoms with Crippen LogP contribution in [0, 0.1) is 18.8 Å². The Kier molecular flexibility index (Phi) is 5.69. The van der Waals surface area contributed by atoms with E-state index >= 15 is 0 Å². The van der Waals surface area contributed by atoms with Crippen molar-refractivity contribution in [2.24, 2.45) is 11.8 Å². The fraction of sp³-hybridized carbons (Fsp3) is 0.650. The highest BCUT2D eigenvalue weighted by Crippen LogP contribution is 2.43. The molecule has 1 fully saturated rings. The molecule has 2 rings (SSSR count). The van der Waals surface area contributed by atoms with Gasteiger partial charge in [-0.05, 0) is 42.1 Å². The van der Waals surface area contributed by atoms with Crippen LogP contribution in [0.2, 0.25) is 0 Å². The van der Waals surface area contributed by atoms with Gasteiger partial charge in [-0.25, -0.2) is 0 Å². The molecule has 1 aliphatic rings. The largest absolute Gasteiger partial charge is 0.0627 e. The molecule has 1 radical (unpaired) electrons. The molecule has 20 heavy (non-hydrogen) atoms. The summed E-state index contributed by atoms with van der Waals surface area (Å²) in [6.07, 6.45) is 10.9. The summed E-state index contributed by atoms with van der Waals surface area (Å²) in [5, 5.41) is 0. The van der Waals surface area contributed by atoms with E-state index in [0.29, 0.717) is 5.41 Å². The third-order valence-corrected chi connectivity index (χ3v) is 5.07. The molecule has 0 N–H and O–H groups in total. The molecule has 0 bridgehead atoms. The third-order valence-electron chi connectivity index (χ3n) is 5.07. The lowest BCUT2D eigenvalue weighted by molar-refractivity contribution is 0.225. The van der Waals surface area contributed by atoms with E-state index in [2.05, 4.69) is 51.1 Å². The fourth-order valence-electron chi connectivity index (χ4n) is 4.18. The number of benzene rings is 1. The average Bonchev–Trinajstić information content (AvgIpc) is 2.48. The molecule has 1 aromatic carbocycles. The Balaban J connectivity index is 2.22. The van der Waals surface area contributed by atoms with Gasteiger partial charge in [0.1, 0.15) is 0 Å². The van der Waals surface area contributed by atoms with Crippen LogP contribution in [0.1, 0.15) is 70.8 Å². The van der Waals surface area contributed by atoms with Gasteiger partial charge < -0.3 is 0 Å². The van der Waals surface area contributed by atoms with E-state index < -0.39 is 0 Å². The number of rotatable bonds is 6. The van der Waals surface area contributed by atoms with Crippen molar-refractivity contribution in [1.82, 2.24) is 0 Å². The minimum atomic E-state index is 0.303. The van der Waals surface area contributed by atoms with Gasteiger partial charge in [-0.1, -0.05) is 83.2 Å². The summed E-state index contributed by atoms with van der Waals surface area (Å²) in [5.74, 6) is 1.66. The van der Waals surface area contributed by atoms with Gasteiger partial charge in [0.25, 0.3) is 0 Å². The first-order chi connectivity index (χ1) is 9.66. The summed E-state index contributed by atoms with van der Waals surface area (Å²) in [7, 11) is 0. The second-order valence-electron chi connectivity index (χ2n) is 7.20. The standard InChI is InChI=1S/C20H31/c1-4-20(15-17(2)3,19-13-9-6-10-14-19)16-18-11-7-5-8-12-18/h6,9-10,13-14,17-18H,1,4-5,7-8,11-12,15-16H2,2-3H3. The molecule has 0 aliphatic heterocycles. The van der Waals surface area contributed by atoms with E-state index in [1.165, 1.54) is 50.5 Å². The minimum Gasteiger partial charge on any atom is -0.0627 e. The molecule has 1 aliphatic carbocycles. The van der Waals surface area contributed by atoms with Gasteiger partial charge in [-0.15, -0.1) is 0 Å². The first-order valence-corrected chi connectivity index (χ1v) is 8.51. The number of hydrogen-bond donors (Lipinski definition) is 0. The van der Waals surface area contributed by atoms with Crippen molar-refractivity contribution in [2.75, 3.05) is 0 Å². The first-order valence-electron chi connectivity index (χ1n) is 8.51. The van der Waals surface area contributed by atoms with Crippen LogP contribution in [-0.4, -0.2) is 0 Å². The Morgan fingerprint density at radius 3 is 2.30 bits per heavy atom.